The lowest BCUT2D eigenvalue weighted by Gasteiger charge is -2.50. The van der Waals surface area contributed by atoms with Gasteiger partial charge in [0.1, 0.15) is 11.6 Å². The SMILES string of the molecule is C=CCc1cccc([C@H]2C3=CC[C@@H]4C(=O)N(c5cccc([N+](=O)[O-])c5)C(=O)[C@@H]4[C@@H]3C[C@@]3(Cl)C(=O)N(c4ccc(F)cc4)C(=O)[C@@]23Cl)c1O. The molecule has 0 unspecified atom stereocenters. The largest absolute Gasteiger partial charge is 0.507 e. The monoisotopic (exact) mass is 689 g/mol. The molecule has 0 bridgehead atoms. The van der Waals surface area contributed by atoms with Crippen LogP contribution < -0.4 is 9.80 Å². The molecule has 1 N–H and O–H groups in total. The first-order valence-corrected chi connectivity index (χ1v) is 15.9. The van der Waals surface area contributed by atoms with Gasteiger partial charge in [-0.1, -0.05) is 42.0 Å². The first-order valence-electron chi connectivity index (χ1n) is 15.1. The lowest BCUT2D eigenvalue weighted by atomic mass is 9.56. The molecule has 4 aliphatic rings. The van der Waals surface area contributed by atoms with E-state index in [-0.39, 0.29) is 47.6 Å². The number of phenolic OH excluding ortho intramolecular Hbond substituents is 1. The van der Waals surface area contributed by atoms with Gasteiger partial charge in [0.25, 0.3) is 17.5 Å². The van der Waals surface area contributed by atoms with Gasteiger partial charge in [-0.05, 0) is 61.1 Å². The number of halogens is 3. The normalized spacial score (nSPS) is 29.4. The number of hydrogen-bond acceptors (Lipinski definition) is 7. The predicted molar refractivity (Wildman–Crippen MR) is 174 cm³/mol. The quantitative estimate of drug-likeness (QED) is 0.111. The van der Waals surface area contributed by atoms with E-state index in [1.165, 1.54) is 30.3 Å². The van der Waals surface area contributed by atoms with Crippen LogP contribution in [0.2, 0.25) is 0 Å². The van der Waals surface area contributed by atoms with Crippen molar-refractivity contribution >= 4 is 63.9 Å². The molecular formula is C35H26Cl2FN3O7. The lowest BCUT2D eigenvalue weighted by Crippen LogP contribution is -2.60. The van der Waals surface area contributed by atoms with Crippen LogP contribution in [0.1, 0.15) is 29.9 Å². The second-order valence-electron chi connectivity index (χ2n) is 12.4. The highest BCUT2D eigenvalue weighted by molar-refractivity contribution is 6.58. The molecule has 48 heavy (non-hydrogen) atoms. The number of carbonyl (C=O) groups is 4. The minimum atomic E-state index is -2.22. The molecule has 3 aromatic rings. The molecule has 6 atom stereocenters. The highest BCUT2D eigenvalue weighted by Gasteiger charge is 2.77. The molecule has 244 valence electrons. The summed E-state index contributed by atoms with van der Waals surface area (Å²) in [4.78, 5) is 65.1. The number of allylic oxidation sites excluding steroid dienone is 3. The van der Waals surface area contributed by atoms with E-state index < -0.39 is 67.8 Å². The Kier molecular flexibility index (Phi) is 7.33. The predicted octanol–water partition coefficient (Wildman–Crippen LogP) is 5.94. The van der Waals surface area contributed by atoms with Crippen LogP contribution in [0.3, 0.4) is 0 Å². The second-order valence-corrected chi connectivity index (χ2v) is 13.6. The van der Waals surface area contributed by atoms with Crippen molar-refractivity contribution in [1.82, 2.24) is 0 Å². The molecule has 10 nitrogen and oxygen atoms in total. The zero-order valence-corrected chi connectivity index (χ0v) is 26.5. The molecule has 0 spiro atoms. The van der Waals surface area contributed by atoms with Gasteiger partial charge in [0.15, 0.2) is 9.75 Å². The summed E-state index contributed by atoms with van der Waals surface area (Å²) in [5.41, 5.74) is 0.866. The third-order valence-electron chi connectivity index (χ3n) is 10.0. The number of para-hydroxylation sites is 1. The van der Waals surface area contributed by atoms with Crippen molar-refractivity contribution in [2.75, 3.05) is 9.80 Å². The summed E-state index contributed by atoms with van der Waals surface area (Å²) < 4.78 is 13.9. The van der Waals surface area contributed by atoms with E-state index >= 15 is 0 Å². The fourth-order valence-corrected chi connectivity index (χ4v) is 8.84. The lowest BCUT2D eigenvalue weighted by molar-refractivity contribution is -0.384. The third-order valence-corrected chi connectivity index (χ3v) is 11.4. The summed E-state index contributed by atoms with van der Waals surface area (Å²) in [7, 11) is 0. The van der Waals surface area contributed by atoms with Gasteiger partial charge in [0.2, 0.25) is 11.8 Å². The Morgan fingerprint density at radius 2 is 1.67 bits per heavy atom. The molecule has 13 heteroatoms. The van der Waals surface area contributed by atoms with Crippen LogP contribution in [-0.2, 0) is 25.6 Å². The van der Waals surface area contributed by atoms with Gasteiger partial charge in [-0.3, -0.25) is 29.3 Å². The van der Waals surface area contributed by atoms with E-state index in [9.17, 15) is 38.8 Å². The number of imide groups is 2. The summed E-state index contributed by atoms with van der Waals surface area (Å²) in [6.07, 6.45) is 3.31. The van der Waals surface area contributed by atoms with Crippen LogP contribution in [0.4, 0.5) is 21.5 Å². The van der Waals surface area contributed by atoms with Crippen LogP contribution >= 0.6 is 23.2 Å². The molecule has 2 aliphatic carbocycles. The number of nitro benzene ring substituents is 1. The summed E-state index contributed by atoms with van der Waals surface area (Å²) in [6, 6.07) is 14.7. The highest BCUT2D eigenvalue weighted by atomic mass is 35.5. The van der Waals surface area contributed by atoms with Gasteiger partial charge >= 0.3 is 0 Å². The minimum absolute atomic E-state index is 0.0270. The average Bonchev–Trinajstić information content (AvgIpc) is 3.40. The number of nitrogens with zero attached hydrogens (tertiary/aromatic N) is 3. The number of alkyl halides is 2. The van der Waals surface area contributed by atoms with Crippen molar-refractivity contribution in [1.29, 1.82) is 0 Å². The Balaban J connectivity index is 1.41. The number of anilines is 2. The van der Waals surface area contributed by atoms with E-state index in [0.29, 0.717) is 11.1 Å². The van der Waals surface area contributed by atoms with Crippen LogP contribution in [0.15, 0.2) is 91.0 Å². The van der Waals surface area contributed by atoms with Crippen LogP contribution in [0, 0.1) is 33.7 Å². The van der Waals surface area contributed by atoms with Gasteiger partial charge in [-0.25, -0.2) is 14.2 Å². The van der Waals surface area contributed by atoms with Gasteiger partial charge in [0, 0.05) is 23.6 Å². The van der Waals surface area contributed by atoms with Crippen molar-refractivity contribution < 1.29 is 33.6 Å². The standard InChI is InChI=1S/C35H26Cl2FN3O7/c1-2-5-18-6-3-9-25(29(18)42)28-23-14-15-24-27(31(44)39(30(24)43)21-7-4-8-22(16-21)41(47)48)26(23)17-34(36)32(45)40(33(46)35(28,34)37)20-12-10-19(38)11-13-20/h2-4,6-14,16,24,26-28,42H,1,5,15,17H2/t24-,26+,27-,28+,34+,35-/m0/s1. The van der Waals surface area contributed by atoms with Crippen LogP contribution in [-0.4, -0.2) is 43.4 Å². The minimum Gasteiger partial charge on any atom is -0.507 e. The molecule has 3 fully saturated rings. The smallest absolute Gasteiger partial charge is 0.271 e. The van der Waals surface area contributed by atoms with E-state index in [4.69, 9.17) is 23.2 Å². The number of nitro groups is 1. The number of non-ortho nitro benzene ring substituents is 1. The first kappa shape index (κ1) is 31.7. The van der Waals surface area contributed by atoms with Gasteiger partial charge < -0.3 is 5.11 Å². The topological polar surface area (TPSA) is 138 Å². The summed E-state index contributed by atoms with van der Waals surface area (Å²) >= 11 is 14.7. The second kappa shape index (κ2) is 11.1. The van der Waals surface area contributed by atoms with Crippen molar-refractivity contribution in [2.45, 2.75) is 34.9 Å². The Morgan fingerprint density at radius 1 is 0.958 bits per heavy atom. The molecule has 0 aromatic heterocycles. The maximum atomic E-state index is 14.5. The molecule has 2 saturated heterocycles. The number of aromatic hydroxyl groups is 1. The van der Waals surface area contributed by atoms with Crippen molar-refractivity contribution in [3.05, 3.63) is 118 Å². The molecule has 3 aromatic carbocycles. The Labute approximate surface area is 283 Å². The first-order chi connectivity index (χ1) is 22.8. The fourth-order valence-electron chi connectivity index (χ4n) is 7.91. The number of benzene rings is 3. The number of hydrogen-bond donors (Lipinski definition) is 1. The van der Waals surface area contributed by atoms with E-state index in [0.717, 1.165) is 28.0 Å². The highest BCUT2D eigenvalue weighted by Crippen LogP contribution is 2.66. The van der Waals surface area contributed by atoms with Crippen molar-refractivity contribution in [3.8, 4) is 5.75 Å². The average molecular weight is 691 g/mol. The molecular weight excluding hydrogens is 664 g/mol. The summed E-state index contributed by atoms with van der Waals surface area (Å²) in [6.45, 7) is 3.74. The van der Waals surface area contributed by atoms with Crippen molar-refractivity contribution in [2.24, 2.45) is 17.8 Å². The molecule has 2 aliphatic heterocycles. The zero-order chi connectivity index (χ0) is 34.3. The molecule has 1 saturated carbocycles. The van der Waals surface area contributed by atoms with Gasteiger partial charge in [0.05, 0.1) is 28.1 Å². The zero-order valence-electron chi connectivity index (χ0n) is 25.0. The molecule has 0 radical (unpaired) electrons. The Bertz CT molecular complexity index is 2000. The number of rotatable bonds is 6. The van der Waals surface area contributed by atoms with Gasteiger partial charge in [-0.15, -0.1) is 29.8 Å². The van der Waals surface area contributed by atoms with Crippen molar-refractivity contribution in [3.63, 3.8) is 0 Å². The Hall–Kier alpha value is -4.87. The summed E-state index contributed by atoms with van der Waals surface area (Å²) in [5, 5.41) is 23.1. The van der Waals surface area contributed by atoms with Crippen LogP contribution in [0.5, 0.6) is 5.75 Å². The van der Waals surface area contributed by atoms with Crippen LogP contribution in [0.25, 0.3) is 0 Å². The molecule has 7 rings (SSSR count). The number of fused-ring (bicyclic) bond motifs is 4. The molecule has 4 amide bonds. The number of amides is 4. The fraction of sp³-hybridized carbons (Fsp3) is 0.257. The maximum absolute atomic E-state index is 14.5. The Morgan fingerprint density at radius 3 is 2.35 bits per heavy atom. The number of phenols is 1. The van der Waals surface area contributed by atoms with E-state index in [1.54, 1.807) is 30.4 Å². The third kappa shape index (κ3) is 4.23. The maximum Gasteiger partial charge on any atom is 0.271 e. The number of carbonyl (C=O) groups excluding carboxylic acids is 4. The molecule has 2 heterocycles. The van der Waals surface area contributed by atoms with E-state index in [2.05, 4.69) is 6.58 Å². The summed E-state index contributed by atoms with van der Waals surface area (Å²) in [5.74, 6) is -7.87. The van der Waals surface area contributed by atoms with E-state index in [1.807, 2.05) is 0 Å². The van der Waals surface area contributed by atoms with Gasteiger partial charge in [-0.2, -0.15) is 0 Å².